The number of halogens is 2. The maximum Gasteiger partial charge on any atom is 0.269 e. The number of rotatable bonds is 10. The lowest BCUT2D eigenvalue weighted by molar-refractivity contribution is -0.384. The minimum Gasteiger partial charge on any atom is -0.490 e. The number of carbonyl (C=O) groups excluding carboxylic acids is 1. The molecule has 0 radical (unpaired) electrons. The van der Waals surface area contributed by atoms with Crippen LogP contribution in [0.2, 0.25) is 0 Å². The van der Waals surface area contributed by atoms with Gasteiger partial charge < -0.3 is 9.47 Å². The van der Waals surface area contributed by atoms with Gasteiger partial charge in [-0.3, -0.25) is 14.9 Å². The molecule has 0 saturated heterocycles. The highest BCUT2D eigenvalue weighted by molar-refractivity contribution is 9.10. The third-order valence-corrected chi connectivity index (χ3v) is 5.11. The minimum atomic E-state index is -0.461. The smallest absolute Gasteiger partial charge is 0.269 e. The lowest BCUT2D eigenvalue weighted by Crippen LogP contribution is -2.19. The monoisotopic (exact) mass is 529 g/mol. The zero-order valence-corrected chi connectivity index (χ0v) is 19.7. The standard InChI is InChI=1S/C24H21BrFN3O5/c1-2-33-22-12-18(14-27-28-23(30)13-16-6-8-19(26)9-7-16)11-21(25)24(22)34-15-17-4-3-5-20(10-17)29(31)32/h3-12,14H,2,13,15H2,1H3,(H,28,30)/b27-14+. The molecule has 34 heavy (non-hydrogen) atoms. The van der Waals surface area contributed by atoms with Crippen LogP contribution >= 0.6 is 15.9 Å². The number of carbonyl (C=O) groups is 1. The molecule has 3 aromatic carbocycles. The van der Waals surface area contributed by atoms with Gasteiger partial charge in [-0.25, -0.2) is 9.82 Å². The van der Waals surface area contributed by atoms with E-state index in [1.165, 1.54) is 42.6 Å². The zero-order valence-electron chi connectivity index (χ0n) is 18.2. The van der Waals surface area contributed by atoms with Crippen molar-refractivity contribution in [2.75, 3.05) is 6.61 Å². The molecule has 0 saturated carbocycles. The van der Waals surface area contributed by atoms with Crippen LogP contribution in [-0.4, -0.2) is 23.7 Å². The number of nitro benzene ring substituents is 1. The molecule has 1 N–H and O–H groups in total. The Labute approximate surface area is 203 Å². The molecule has 8 nitrogen and oxygen atoms in total. The second kappa shape index (κ2) is 11.9. The highest BCUT2D eigenvalue weighted by atomic mass is 79.9. The van der Waals surface area contributed by atoms with E-state index >= 15 is 0 Å². The summed E-state index contributed by atoms with van der Waals surface area (Å²) < 4.78 is 25.1. The van der Waals surface area contributed by atoms with E-state index in [-0.39, 0.29) is 30.4 Å². The summed E-state index contributed by atoms with van der Waals surface area (Å²) in [5, 5.41) is 14.9. The third-order valence-electron chi connectivity index (χ3n) is 4.52. The van der Waals surface area contributed by atoms with E-state index in [1.807, 2.05) is 6.92 Å². The summed E-state index contributed by atoms with van der Waals surface area (Å²) in [6.07, 6.45) is 1.52. The van der Waals surface area contributed by atoms with Gasteiger partial charge in [-0.2, -0.15) is 5.10 Å². The molecule has 0 heterocycles. The molecular formula is C24H21BrFN3O5. The Morgan fingerprint density at radius 1 is 1.15 bits per heavy atom. The summed E-state index contributed by atoms with van der Waals surface area (Å²) >= 11 is 3.46. The van der Waals surface area contributed by atoms with Crippen LogP contribution in [0.5, 0.6) is 11.5 Å². The van der Waals surface area contributed by atoms with Gasteiger partial charge in [0.2, 0.25) is 5.91 Å². The molecule has 0 fully saturated rings. The van der Waals surface area contributed by atoms with Crippen LogP contribution in [0.4, 0.5) is 10.1 Å². The second-order valence-electron chi connectivity index (χ2n) is 7.08. The summed E-state index contributed by atoms with van der Waals surface area (Å²) in [6.45, 7) is 2.32. The highest BCUT2D eigenvalue weighted by Gasteiger charge is 2.13. The second-order valence-corrected chi connectivity index (χ2v) is 7.93. The first-order valence-electron chi connectivity index (χ1n) is 10.2. The Morgan fingerprint density at radius 2 is 1.91 bits per heavy atom. The van der Waals surface area contributed by atoms with Crippen molar-refractivity contribution in [2.24, 2.45) is 5.10 Å². The minimum absolute atomic E-state index is 0.0155. The predicted octanol–water partition coefficient (Wildman–Crippen LogP) is 5.17. The van der Waals surface area contributed by atoms with Crippen LogP contribution in [0.3, 0.4) is 0 Å². The van der Waals surface area contributed by atoms with Crippen LogP contribution in [0.25, 0.3) is 0 Å². The first-order chi connectivity index (χ1) is 16.4. The van der Waals surface area contributed by atoms with Crippen molar-refractivity contribution in [3.05, 3.63) is 97.8 Å². The van der Waals surface area contributed by atoms with Gasteiger partial charge >= 0.3 is 0 Å². The van der Waals surface area contributed by atoms with Crippen molar-refractivity contribution in [3.63, 3.8) is 0 Å². The fourth-order valence-electron chi connectivity index (χ4n) is 2.99. The van der Waals surface area contributed by atoms with Gasteiger partial charge in [-0.1, -0.05) is 24.3 Å². The van der Waals surface area contributed by atoms with Crippen molar-refractivity contribution < 1.29 is 23.6 Å². The molecule has 3 rings (SSSR count). The van der Waals surface area contributed by atoms with E-state index in [4.69, 9.17) is 9.47 Å². The molecule has 0 unspecified atom stereocenters. The van der Waals surface area contributed by atoms with E-state index in [2.05, 4.69) is 26.5 Å². The SMILES string of the molecule is CCOc1cc(/C=N/NC(=O)Cc2ccc(F)cc2)cc(Br)c1OCc1cccc([N+](=O)[O-])c1. The van der Waals surface area contributed by atoms with Crippen molar-refractivity contribution >= 4 is 33.7 Å². The molecule has 0 aromatic heterocycles. The average molecular weight is 530 g/mol. The maximum absolute atomic E-state index is 13.0. The number of hydrogen-bond donors (Lipinski definition) is 1. The first-order valence-corrected chi connectivity index (χ1v) is 11.0. The van der Waals surface area contributed by atoms with E-state index in [9.17, 15) is 19.3 Å². The topological polar surface area (TPSA) is 103 Å². The number of nitrogens with one attached hydrogen (secondary N) is 1. The van der Waals surface area contributed by atoms with Crippen LogP contribution in [0.1, 0.15) is 23.6 Å². The fourth-order valence-corrected chi connectivity index (χ4v) is 3.56. The lowest BCUT2D eigenvalue weighted by Gasteiger charge is -2.14. The van der Waals surface area contributed by atoms with Gasteiger partial charge in [0.15, 0.2) is 11.5 Å². The fraction of sp³-hybridized carbons (Fsp3) is 0.167. The molecule has 0 aliphatic carbocycles. The lowest BCUT2D eigenvalue weighted by atomic mass is 10.1. The molecule has 0 atom stereocenters. The van der Waals surface area contributed by atoms with Crippen molar-refractivity contribution in [3.8, 4) is 11.5 Å². The summed E-state index contributed by atoms with van der Waals surface area (Å²) in [4.78, 5) is 22.6. The number of amides is 1. The van der Waals surface area contributed by atoms with E-state index in [0.717, 1.165) is 0 Å². The first kappa shape index (κ1) is 24.8. The molecule has 0 aliphatic rings. The van der Waals surface area contributed by atoms with Crippen LogP contribution in [-0.2, 0) is 17.8 Å². The maximum atomic E-state index is 13.0. The molecule has 0 aliphatic heterocycles. The van der Waals surface area contributed by atoms with Gasteiger partial charge in [-0.15, -0.1) is 0 Å². The molecule has 0 spiro atoms. The number of benzene rings is 3. The summed E-state index contributed by atoms with van der Waals surface area (Å²) in [7, 11) is 0. The summed E-state index contributed by atoms with van der Waals surface area (Å²) in [6, 6.07) is 15.3. The number of nitrogens with zero attached hydrogens (tertiary/aromatic N) is 2. The Bertz CT molecular complexity index is 1200. The van der Waals surface area contributed by atoms with Crippen LogP contribution in [0, 0.1) is 15.9 Å². The predicted molar refractivity (Wildman–Crippen MR) is 129 cm³/mol. The average Bonchev–Trinajstić information content (AvgIpc) is 2.80. The van der Waals surface area contributed by atoms with Crippen molar-refractivity contribution in [1.29, 1.82) is 0 Å². The number of non-ortho nitro benzene ring substituents is 1. The van der Waals surface area contributed by atoms with Gasteiger partial charge in [-0.05, 0) is 63.8 Å². The van der Waals surface area contributed by atoms with Crippen molar-refractivity contribution in [1.82, 2.24) is 5.43 Å². The third kappa shape index (κ3) is 7.11. The zero-order chi connectivity index (χ0) is 24.5. The van der Waals surface area contributed by atoms with Gasteiger partial charge in [0, 0.05) is 12.1 Å². The van der Waals surface area contributed by atoms with Gasteiger partial charge in [0.25, 0.3) is 5.69 Å². The largest absolute Gasteiger partial charge is 0.490 e. The number of hydrazone groups is 1. The number of ether oxygens (including phenoxy) is 2. The molecular weight excluding hydrogens is 509 g/mol. The van der Waals surface area contributed by atoms with E-state index in [0.29, 0.717) is 39.3 Å². The number of nitro groups is 1. The van der Waals surface area contributed by atoms with E-state index in [1.54, 1.807) is 24.3 Å². The van der Waals surface area contributed by atoms with E-state index < -0.39 is 4.92 Å². The molecule has 0 bridgehead atoms. The Hall–Kier alpha value is -3.79. The Balaban J connectivity index is 1.67. The molecule has 10 heteroatoms. The molecule has 176 valence electrons. The number of hydrogen-bond acceptors (Lipinski definition) is 6. The summed E-state index contributed by atoms with van der Waals surface area (Å²) in [5.41, 5.74) is 4.36. The Kier molecular flexibility index (Phi) is 8.69. The van der Waals surface area contributed by atoms with Crippen LogP contribution in [0.15, 0.2) is 70.2 Å². The van der Waals surface area contributed by atoms with Gasteiger partial charge in [0.1, 0.15) is 12.4 Å². The van der Waals surface area contributed by atoms with Crippen molar-refractivity contribution in [2.45, 2.75) is 20.0 Å². The normalized spacial score (nSPS) is 10.8. The highest BCUT2D eigenvalue weighted by Crippen LogP contribution is 2.37. The quantitative estimate of drug-likeness (QED) is 0.222. The molecule has 3 aromatic rings. The Morgan fingerprint density at radius 3 is 2.62 bits per heavy atom. The summed E-state index contributed by atoms with van der Waals surface area (Å²) in [5.74, 6) is 0.173. The van der Waals surface area contributed by atoms with Gasteiger partial charge in [0.05, 0.1) is 28.6 Å². The molecule has 1 amide bonds. The van der Waals surface area contributed by atoms with Crippen LogP contribution < -0.4 is 14.9 Å².